The summed E-state index contributed by atoms with van der Waals surface area (Å²) in [4.78, 5) is 0. The molecule has 1 unspecified atom stereocenters. The summed E-state index contributed by atoms with van der Waals surface area (Å²) < 4.78 is 0. The minimum absolute atomic E-state index is 0.334. The molecule has 0 saturated heterocycles. The van der Waals surface area contributed by atoms with Crippen LogP contribution in [-0.4, -0.2) is 5.11 Å². The lowest BCUT2D eigenvalue weighted by Gasteiger charge is -2.18. The average Bonchev–Trinajstić information content (AvgIpc) is 3.00. The van der Waals surface area contributed by atoms with Gasteiger partial charge in [0.15, 0.2) is 0 Å². The Labute approximate surface area is 89.7 Å². The van der Waals surface area contributed by atoms with E-state index in [1.807, 2.05) is 24.3 Å². The van der Waals surface area contributed by atoms with Crippen molar-refractivity contribution in [2.24, 2.45) is 11.8 Å². The van der Waals surface area contributed by atoms with Crippen molar-refractivity contribution in [3.05, 3.63) is 34.9 Å². The first-order valence-corrected chi connectivity index (χ1v) is 5.50. The van der Waals surface area contributed by atoms with Gasteiger partial charge in [0, 0.05) is 5.02 Å². The summed E-state index contributed by atoms with van der Waals surface area (Å²) >= 11 is 5.79. The molecule has 1 aliphatic carbocycles. The van der Waals surface area contributed by atoms with Gasteiger partial charge in [0.2, 0.25) is 0 Å². The highest BCUT2D eigenvalue weighted by atomic mass is 35.5. The molecule has 0 aliphatic heterocycles. The van der Waals surface area contributed by atoms with Crippen molar-refractivity contribution in [3.8, 4) is 0 Å². The quantitative estimate of drug-likeness (QED) is 0.811. The van der Waals surface area contributed by atoms with E-state index in [-0.39, 0.29) is 6.10 Å². The van der Waals surface area contributed by atoms with Crippen LogP contribution in [0.4, 0.5) is 0 Å². The summed E-state index contributed by atoms with van der Waals surface area (Å²) in [6.07, 6.45) is 2.21. The van der Waals surface area contributed by atoms with Gasteiger partial charge in [-0.15, -0.1) is 0 Å². The minimum atomic E-state index is -0.334. The van der Waals surface area contributed by atoms with Gasteiger partial charge in [-0.25, -0.2) is 0 Å². The summed E-state index contributed by atoms with van der Waals surface area (Å²) in [7, 11) is 0. The predicted molar refractivity (Wildman–Crippen MR) is 58.3 cm³/mol. The number of hydrogen-bond donors (Lipinski definition) is 1. The lowest BCUT2D eigenvalue weighted by Crippen LogP contribution is -2.10. The summed E-state index contributed by atoms with van der Waals surface area (Å²) in [5.74, 6) is 1.09. The Hall–Kier alpha value is -0.530. The van der Waals surface area contributed by atoms with Crippen LogP contribution < -0.4 is 0 Å². The highest BCUT2D eigenvalue weighted by Crippen LogP contribution is 2.42. The molecule has 1 N–H and O–H groups in total. The van der Waals surface area contributed by atoms with Crippen LogP contribution >= 0.6 is 11.6 Å². The second-order valence-electron chi connectivity index (χ2n) is 4.19. The average molecular weight is 211 g/mol. The number of rotatable bonds is 3. The van der Waals surface area contributed by atoms with E-state index in [0.717, 1.165) is 16.5 Å². The predicted octanol–water partition coefficient (Wildman–Crippen LogP) is 3.42. The Morgan fingerprint density at radius 1 is 1.29 bits per heavy atom. The molecule has 0 amide bonds. The SMILES string of the molecule is C[C@@H](C1CC1)C(O)c1ccc(Cl)cc1. The Morgan fingerprint density at radius 2 is 1.86 bits per heavy atom. The van der Waals surface area contributed by atoms with Crippen molar-refractivity contribution in [1.29, 1.82) is 0 Å². The molecule has 1 fully saturated rings. The second-order valence-corrected chi connectivity index (χ2v) is 4.63. The van der Waals surface area contributed by atoms with E-state index in [9.17, 15) is 5.11 Å². The van der Waals surface area contributed by atoms with Gasteiger partial charge in [0.05, 0.1) is 6.10 Å². The van der Waals surface area contributed by atoms with Gasteiger partial charge in [0.25, 0.3) is 0 Å². The van der Waals surface area contributed by atoms with E-state index in [0.29, 0.717) is 5.92 Å². The Balaban J connectivity index is 2.09. The molecule has 1 aromatic rings. The van der Waals surface area contributed by atoms with E-state index in [1.165, 1.54) is 12.8 Å². The summed E-state index contributed by atoms with van der Waals surface area (Å²) in [5.41, 5.74) is 0.980. The number of aliphatic hydroxyl groups is 1. The van der Waals surface area contributed by atoms with Crippen molar-refractivity contribution in [2.75, 3.05) is 0 Å². The molecule has 14 heavy (non-hydrogen) atoms. The molecular weight excluding hydrogens is 196 g/mol. The molecule has 0 spiro atoms. The standard InChI is InChI=1S/C12H15ClO/c1-8(9-2-3-9)12(14)10-4-6-11(13)7-5-10/h4-9,12,14H,2-3H2,1H3/t8-,12?/m0/s1. The fourth-order valence-corrected chi connectivity index (χ4v) is 1.97. The number of aliphatic hydroxyl groups excluding tert-OH is 1. The lowest BCUT2D eigenvalue weighted by atomic mass is 9.93. The van der Waals surface area contributed by atoms with Gasteiger partial charge >= 0.3 is 0 Å². The number of halogens is 1. The van der Waals surface area contributed by atoms with Crippen molar-refractivity contribution in [3.63, 3.8) is 0 Å². The third kappa shape index (κ3) is 2.10. The maximum Gasteiger partial charge on any atom is 0.0818 e. The third-order valence-corrected chi connectivity index (χ3v) is 3.33. The fourth-order valence-electron chi connectivity index (χ4n) is 1.84. The Bertz CT molecular complexity index is 303. The van der Waals surface area contributed by atoms with Crippen molar-refractivity contribution in [2.45, 2.75) is 25.9 Å². The molecular formula is C12H15ClO. The second kappa shape index (κ2) is 3.92. The normalized spacial score (nSPS) is 20.5. The molecule has 0 radical (unpaired) electrons. The van der Waals surface area contributed by atoms with Crippen LogP contribution in [0, 0.1) is 11.8 Å². The molecule has 2 rings (SSSR count). The van der Waals surface area contributed by atoms with Crippen LogP contribution in [0.1, 0.15) is 31.4 Å². The molecule has 0 aromatic heterocycles. The monoisotopic (exact) mass is 210 g/mol. The largest absolute Gasteiger partial charge is 0.388 e. The summed E-state index contributed by atoms with van der Waals surface area (Å²) in [5, 5.41) is 10.8. The lowest BCUT2D eigenvalue weighted by molar-refractivity contribution is 0.106. The maximum atomic E-state index is 10.0. The zero-order valence-electron chi connectivity index (χ0n) is 8.28. The number of hydrogen-bond acceptors (Lipinski definition) is 1. The molecule has 0 heterocycles. The van der Waals surface area contributed by atoms with Crippen LogP contribution in [0.25, 0.3) is 0 Å². The smallest absolute Gasteiger partial charge is 0.0818 e. The van der Waals surface area contributed by atoms with Crippen LogP contribution in [-0.2, 0) is 0 Å². The minimum Gasteiger partial charge on any atom is -0.388 e. The van der Waals surface area contributed by atoms with Gasteiger partial charge < -0.3 is 5.11 Å². The van der Waals surface area contributed by atoms with Gasteiger partial charge in [0.1, 0.15) is 0 Å². The molecule has 2 heteroatoms. The molecule has 1 nitrogen and oxygen atoms in total. The topological polar surface area (TPSA) is 20.2 Å². The van der Waals surface area contributed by atoms with Crippen molar-refractivity contribution >= 4 is 11.6 Å². The first kappa shape index (κ1) is 10.0. The molecule has 1 aliphatic rings. The molecule has 0 bridgehead atoms. The summed E-state index contributed by atoms with van der Waals surface area (Å²) in [6.45, 7) is 2.12. The van der Waals surface area contributed by atoms with E-state index in [4.69, 9.17) is 11.6 Å². The highest BCUT2D eigenvalue weighted by molar-refractivity contribution is 6.30. The Kier molecular flexibility index (Phi) is 2.80. The molecule has 1 aromatic carbocycles. The van der Waals surface area contributed by atoms with Gasteiger partial charge in [-0.3, -0.25) is 0 Å². The fraction of sp³-hybridized carbons (Fsp3) is 0.500. The third-order valence-electron chi connectivity index (χ3n) is 3.08. The molecule has 76 valence electrons. The van der Waals surface area contributed by atoms with Crippen LogP contribution in [0.2, 0.25) is 5.02 Å². The van der Waals surface area contributed by atoms with Crippen LogP contribution in [0.15, 0.2) is 24.3 Å². The van der Waals surface area contributed by atoms with Gasteiger partial charge in [-0.05, 0) is 42.4 Å². The summed E-state index contributed by atoms with van der Waals surface area (Å²) in [6, 6.07) is 7.48. The van der Waals surface area contributed by atoms with Crippen molar-refractivity contribution < 1.29 is 5.11 Å². The van der Waals surface area contributed by atoms with E-state index >= 15 is 0 Å². The highest BCUT2D eigenvalue weighted by Gasteiger charge is 2.32. The van der Waals surface area contributed by atoms with E-state index < -0.39 is 0 Å². The zero-order chi connectivity index (χ0) is 10.1. The van der Waals surface area contributed by atoms with Crippen LogP contribution in [0.5, 0.6) is 0 Å². The van der Waals surface area contributed by atoms with Gasteiger partial charge in [-0.2, -0.15) is 0 Å². The Morgan fingerprint density at radius 3 is 2.36 bits per heavy atom. The van der Waals surface area contributed by atoms with Crippen molar-refractivity contribution in [1.82, 2.24) is 0 Å². The first-order valence-electron chi connectivity index (χ1n) is 5.12. The molecule has 2 atom stereocenters. The first-order chi connectivity index (χ1) is 6.68. The van der Waals surface area contributed by atoms with E-state index in [2.05, 4.69) is 6.92 Å². The van der Waals surface area contributed by atoms with E-state index in [1.54, 1.807) is 0 Å². The molecule has 1 saturated carbocycles. The maximum absolute atomic E-state index is 10.0. The zero-order valence-corrected chi connectivity index (χ0v) is 9.04. The van der Waals surface area contributed by atoms with Crippen LogP contribution in [0.3, 0.4) is 0 Å². The van der Waals surface area contributed by atoms with Gasteiger partial charge in [-0.1, -0.05) is 30.7 Å². The number of benzene rings is 1.